The number of fused-ring (bicyclic) bond motifs is 3. The van der Waals surface area contributed by atoms with Crippen molar-refractivity contribution >= 4 is 27.7 Å². The Labute approximate surface area is 180 Å². The van der Waals surface area contributed by atoms with Crippen LogP contribution in [0.25, 0.3) is 27.5 Å². The van der Waals surface area contributed by atoms with Gasteiger partial charge in [0.15, 0.2) is 5.69 Å². The van der Waals surface area contributed by atoms with Crippen LogP contribution >= 0.6 is 0 Å². The van der Waals surface area contributed by atoms with Gasteiger partial charge in [0.25, 0.3) is 11.5 Å². The molecule has 0 bridgehead atoms. The fraction of sp³-hybridized carbons (Fsp3) is 0.320. The molecule has 0 saturated carbocycles. The van der Waals surface area contributed by atoms with Crippen LogP contribution in [0.5, 0.6) is 0 Å². The minimum atomic E-state index is -0.221. The lowest BCUT2D eigenvalue weighted by Gasteiger charge is -2.30. The van der Waals surface area contributed by atoms with Gasteiger partial charge >= 0.3 is 0 Å². The second-order valence-corrected chi connectivity index (χ2v) is 8.70. The lowest BCUT2D eigenvalue weighted by molar-refractivity contribution is 0.0677. The Morgan fingerprint density at radius 3 is 2.58 bits per heavy atom. The number of carbonyl (C=O) groups is 1. The van der Waals surface area contributed by atoms with Crippen molar-refractivity contribution in [2.45, 2.75) is 26.7 Å². The first-order valence-corrected chi connectivity index (χ1v) is 10.8. The van der Waals surface area contributed by atoms with Crippen LogP contribution in [-0.4, -0.2) is 38.2 Å². The molecule has 5 rings (SSSR count). The number of nitrogens with zero attached hydrogens (tertiary/aromatic N) is 4. The Hall–Kier alpha value is -3.41. The first-order chi connectivity index (χ1) is 15.0. The highest BCUT2D eigenvalue weighted by atomic mass is 16.2. The van der Waals surface area contributed by atoms with Gasteiger partial charge in [-0.15, -0.1) is 0 Å². The molecule has 158 valence electrons. The number of aromatic nitrogens is 3. The van der Waals surface area contributed by atoms with Gasteiger partial charge in [-0.3, -0.25) is 9.59 Å². The Morgan fingerprint density at radius 1 is 1.10 bits per heavy atom. The van der Waals surface area contributed by atoms with Crippen molar-refractivity contribution in [3.05, 3.63) is 70.1 Å². The average molecular weight is 415 g/mol. The maximum atomic E-state index is 13.7. The van der Waals surface area contributed by atoms with E-state index in [1.165, 1.54) is 4.68 Å². The second kappa shape index (κ2) is 7.38. The van der Waals surface area contributed by atoms with E-state index in [0.717, 1.165) is 42.4 Å². The van der Waals surface area contributed by atoms with Gasteiger partial charge in [0, 0.05) is 36.4 Å². The minimum Gasteiger partial charge on any atom is -0.339 e. The smallest absolute Gasteiger partial charge is 0.296 e. The summed E-state index contributed by atoms with van der Waals surface area (Å²) in [6, 6.07) is 15.5. The van der Waals surface area contributed by atoms with Crippen LogP contribution in [0, 0.1) is 12.8 Å². The van der Waals surface area contributed by atoms with Crippen LogP contribution in [0.3, 0.4) is 0 Å². The van der Waals surface area contributed by atoms with Gasteiger partial charge in [0.1, 0.15) is 5.52 Å². The summed E-state index contributed by atoms with van der Waals surface area (Å²) in [6.07, 6.45) is 2.12. The molecular formula is C25H26N4O2. The van der Waals surface area contributed by atoms with Crippen LogP contribution in [0.2, 0.25) is 0 Å². The van der Waals surface area contributed by atoms with Gasteiger partial charge in [-0.05, 0) is 43.9 Å². The van der Waals surface area contributed by atoms with Crippen LogP contribution < -0.4 is 5.56 Å². The third-order valence-corrected chi connectivity index (χ3v) is 6.36. The zero-order chi connectivity index (χ0) is 21.7. The van der Waals surface area contributed by atoms with Crippen molar-refractivity contribution < 1.29 is 4.79 Å². The van der Waals surface area contributed by atoms with E-state index in [2.05, 4.69) is 12.0 Å². The summed E-state index contributed by atoms with van der Waals surface area (Å²) in [7, 11) is 1.88. The fourth-order valence-electron chi connectivity index (χ4n) is 4.71. The number of rotatable bonds is 2. The lowest BCUT2D eigenvalue weighted by Crippen LogP contribution is -2.40. The number of piperidine rings is 1. The average Bonchev–Trinajstić information content (AvgIpc) is 3.08. The number of hydrogen-bond acceptors (Lipinski definition) is 3. The van der Waals surface area contributed by atoms with Crippen LogP contribution in [-0.2, 0) is 7.05 Å². The molecule has 0 unspecified atom stereocenters. The number of hydrogen-bond donors (Lipinski definition) is 0. The standard InChI is InChI=1S/C25H26N4O2/c1-16-10-12-18(13-11-16)29-25(31)23-21(19-8-4-5-9-20(19)27(23)3)22(26-29)24(30)28-14-6-7-17(2)15-28/h4-5,8-13,17H,6-7,14-15H2,1-3H3/t17-/m0/s1. The van der Waals surface area contributed by atoms with Gasteiger partial charge in [-0.2, -0.15) is 9.78 Å². The molecule has 31 heavy (non-hydrogen) atoms. The van der Waals surface area contributed by atoms with E-state index in [1.807, 2.05) is 72.0 Å². The molecule has 1 amide bonds. The number of para-hydroxylation sites is 1. The van der Waals surface area contributed by atoms with Crippen LogP contribution in [0.1, 0.15) is 35.8 Å². The molecule has 2 aromatic heterocycles. The summed E-state index contributed by atoms with van der Waals surface area (Å²) in [5, 5.41) is 6.19. The third-order valence-electron chi connectivity index (χ3n) is 6.36. The molecule has 1 atom stereocenters. The minimum absolute atomic E-state index is 0.103. The van der Waals surface area contributed by atoms with E-state index >= 15 is 0 Å². The molecule has 0 spiro atoms. The Balaban J connectivity index is 1.83. The topological polar surface area (TPSA) is 60.1 Å². The van der Waals surface area contributed by atoms with Gasteiger partial charge < -0.3 is 9.47 Å². The first kappa shape index (κ1) is 19.5. The molecule has 6 heteroatoms. The van der Waals surface area contributed by atoms with E-state index in [0.29, 0.717) is 28.2 Å². The molecule has 4 aromatic rings. The number of likely N-dealkylation sites (tertiary alicyclic amines) is 1. The Kier molecular flexibility index (Phi) is 4.65. The monoisotopic (exact) mass is 414 g/mol. The molecule has 1 fully saturated rings. The molecule has 2 aromatic carbocycles. The summed E-state index contributed by atoms with van der Waals surface area (Å²) in [6.45, 7) is 5.62. The van der Waals surface area contributed by atoms with E-state index in [9.17, 15) is 9.59 Å². The van der Waals surface area contributed by atoms with Gasteiger partial charge in [-0.1, -0.05) is 42.8 Å². The summed E-state index contributed by atoms with van der Waals surface area (Å²) in [5.41, 5.74) is 3.30. The van der Waals surface area contributed by atoms with Crippen LogP contribution in [0.15, 0.2) is 53.3 Å². The maximum Gasteiger partial charge on any atom is 0.296 e. The molecule has 0 N–H and O–H groups in total. The predicted octanol–water partition coefficient (Wildman–Crippen LogP) is 4.06. The SMILES string of the molecule is Cc1ccc(-n2nc(C(=O)N3CCC[C@H](C)C3)c3c4ccccc4n(C)c3c2=O)cc1. The summed E-state index contributed by atoms with van der Waals surface area (Å²) in [4.78, 5) is 29.2. The molecule has 1 saturated heterocycles. The van der Waals surface area contributed by atoms with Crippen molar-refractivity contribution in [1.29, 1.82) is 0 Å². The predicted molar refractivity (Wildman–Crippen MR) is 123 cm³/mol. The van der Waals surface area contributed by atoms with Crippen molar-refractivity contribution in [2.75, 3.05) is 13.1 Å². The maximum absolute atomic E-state index is 13.7. The molecule has 6 nitrogen and oxygen atoms in total. The summed E-state index contributed by atoms with van der Waals surface area (Å²) >= 11 is 0. The molecule has 1 aliphatic rings. The largest absolute Gasteiger partial charge is 0.339 e. The first-order valence-electron chi connectivity index (χ1n) is 10.8. The van der Waals surface area contributed by atoms with Crippen LogP contribution in [0.4, 0.5) is 0 Å². The van der Waals surface area contributed by atoms with Gasteiger partial charge in [0.05, 0.1) is 5.69 Å². The molecule has 0 aliphatic carbocycles. The molecule has 1 aliphatic heterocycles. The fourth-order valence-corrected chi connectivity index (χ4v) is 4.71. The summed E-state index contributed by atoms with van der Waals surface area (Å²) in [5.74, 6) is 0.359. The molecule has 3 heterocycles. The zero-order valence-corrected chi connectivity index (χ0v) is 18.1. The van der Waals surface area contributed by atoms with Gasteiger partial charge in [0.2, 0.25) is 0 Å². The highest BCUT2D eigenvalue weighted by molar-refractivity contribution is 6.16. The highest BCUT2D eigenvalue weighted by Gasteiger charge is 2.28. The Bertz CT molecular complexity index is 1360. The van der Waals surface area contributed by atoms with E-state index in [-0.39, 0.29) is 11.5 Å². The van der Waals surface area contributed by atoms with Crippen molar-refractivity contribution in [3.8, 4) is 5.69 Å². The summed E-state index contributed by atoms with van der Waals surface area (Å²) < 4.78 is 3.26. The normalized spacial score (nSPS) is 16.9. The van der Waals surface area contributed by atoms with E-state index in [4.69, 9.17) is 0 Å². The zero-order valence-electron chi connectivity index (χ0n) is 18.1. The number of benzene rings is 2. The van der Waals surface area contributed by atoms with Crippen molar-refractivity contribution in [2.24, 2.45) is 13.0 Å². The van der Waals surface area contributed by atoms with Gasteiger partial charge in [-0.25, -0.2) is 0 Å². The third kappa shape index (κ3) is 3.14. The molecular weight excluding hydrogens is 388 g/mol. The van der Waals surface area contributed by atoms with E-state index < -0.39 is 0 Å². The quantitative estimate of drug-likeness (QED) is 0.497. The highest BCUT2D eigenvalue weighted by Crippen LogP contribution is 2.30. The second-order valence-electron chi connectivity index (χ2n) is 8.70. The molecule has 0 radical (unpaired) electrons. The Morgan fingerprint density at radius 2 is 1.84 bits per heavy atom. The number of aryl methyl sites for hydroxylation is 2. The number of amides is 1. The van der Waals surface area contributed by atoms with Crippen molar-refractivity contribution in [1.82, 2.24) is 19.2 Å². The number of carbonyl (C=O) groups excluding carboxylic acids is 1. The lowest BCUT2D eigenvalue weighted by atomic mass is 9.99. The van der Waals surface area contributed by atoms with Crippen molar-refractivity contribution in [3.63, 3.8) is 0 Å². The van der Waals surface area contributed by atoms with E-state index in [1.54, 1.807) is 0 Å².